The summed E-state index contributed by atoms with van der Waals surface area (Å²) in [4.78, 5) is 0. The van der Waals surface area contributed by atoms with Crippen molar-refractivity contribution in [2.75, 3.05) is 23.9 Å². The topological polar surface area (TPSA) is 60.7 Å². The predicted octanol–water partition coefficient (Wildman–Crippen LogP) is 2.47. The molecule has 4 atom stereocenters. The van der Waals surface area contributed by atoms with E-state index in [9.17, 15) is 10.2 Å². The third-order valence-electron chi connectivity index (χ3n) is 4.22. The molecule has 0 saturated heterocycles. The summed E-state index contributed by atoms with van der Waals surface area (Å²) in [5.74, 6) is 1.48. The van der Waals surface area contributed by atoms with Crippen molar-refractivity contribution in [1.29, 1.82) is 0 Å². The Kier molecular flexibility index (Phi) is 14.3. The van der Waals surface area contributed by atoms with Crippen LogP contribution in [0.2, 0.25) is 0 Å². The molecule has 146 valence electrons. The molecule has 9 heteroatoms. The van der Waals surface area contributed by atoms with Crippen molar-refractivity contribution in [2.45, 2.75) is 65.5 Å². The third kappa shape index (κ3) is 8.78. The summed E-state index contributed by atoms with van der Waals surface area (Å²) in [5.41, 5.74) is -2.73. The summed E-state index contributed by atoms with van der Waals surface area (Å²) in [6, 6.07) is 0. The Hall–Kier alpha value is 1.98. The largest absolute Gasteiger partial charge is 0.396 e. The second-order valence-corrected chi connectivity index (χ2v) is 9.65. The maximum Gasteiger partial charge on any atom is 0.0955 e. The van der Waals surface area contributed by atoms with Gasteiger partial charge < -0.3 is 15.3 Å². The lowest BCUT2D eigenvalue weighted by atomic mass is 9.71. The molecular weight excluding hydrogens is 421 g/mol. The molecule has 0 bridgehead atoms. The van der Waals surface area contributed by atoms with Crippen LogP contribution in [0, 0.1) is 0 Å². The summed E-state index contributed by atoms with van der Waals surface area (Å²) in [6.45, 7) is 0.0586. The molecule has 0 aromatic rings. The first kappa shape index (κ1) is 26.0. The average Bonchev–Trinajstić information content (AvgIpc) is 2.54. The first-order valence-electron chi connectivity index (χ1n) is 8.10. The molecule has 0 radical (unpaired) electrons. The molecule has 3 N–H and O–H groups in total. The van der Waals surface area contributed by atoms with Crippen LogP contribution in [0.1, 0.15) is 38.5 Å². The van der Waals surface area contributed by atoms with E-state index in [4.69, 9.17) is 5.11 Å². The van der Waals surface area contributed by atoms with Gasteiger partial charge in [0.05, 0.1) is 11.2 Å². The monoisotopic (exact) mass is 452 g/mol. The highest BCUT2D eigenvalue weighted by Gasteiger charge is 2.50. The van der Waals surface area contributed by atoms with Gasteiger partial charge in [-0.25, -0.2) is 0 Å². The van der Waals surface area contributed by atoms with Crippen LogP contribution in [0.15, 0.2) is 0 Å². The van der Waals surface area contributed by atoms with Gasteiger partial charge in [-0.3, -0.25) is 0 Å². The molecule has 0 rings (SSSR count). The van der Waals surface area contributed by atoms with Crippen molar-refractivity contribution in [3.8, 4) is 0 Å². The highest BCUT2D eigenvalue weighted by molar-refractivity contribution is 7.85. The molecule has 3 nitrogen and oxygen atoms in total. The van der Waals surface area contributed by atoms with Crippen molar-refractivity contribution >= 4 is 75.8 Å². The van der Waals surface area contributed by atoms with E-state index >= 15 is 0 Å². The summed E-state index contributed by atoms with van der Waals surface area (Å²) in [7, 11) is 0. The fraction of sp³-hybridized carbons (Fsp3) is 1.00. The number of unbranched alkanes of at least 4 members (excludes halogenated alkanes) is 1. The first-order valence-corrected chi connectivity index (χ1v) is 11.5. The minimum Gasteiger partial charge on any atom is -0.396 e. The lowest BCUT2D eigenvalue weighted by Gasteiger charge is -2.47. The molecule has 0 fully saturated rings. The zero-order valence-electron chi connectivity index (χ0n) is 13.8. The highest BCUT2D eigenvalue weighted by atomic mass is 32.1. The third-order valence-corrected chi connectivity index (χ3v) is 7.50. The van der Waals surface area contributed by atoms with E-state index in [1.54, 1.807) is 0 Å². The molecule has 0 aromatic carbocycles. The van der Waals surface area contributed by atoms with Crippen LogP contribution in [-0.4, -0.2) is 66.1 Å². The van der Waals surface area contributed by atoms with Gasteiger partial charge in [-0.15, -0.1) is 0 Å². The van der Waals surface area contributed by atoms with Gasteiger partial charge in [0, 0.05) is 39.6 Å². The van der Waals surface area contributed by atoms with Crippen LogP contribution in [0.25, 0.3) is 0 Å². The molecule has 0 heterocycles. The molecule has 24 heavy (non-hydrogen) atoms. The van der Waals surface area contributed by atoms with Crippen LogP contribution < -0.4 is 0 Å². The Labute approximate surface area is 179 Å². The zero-order chi connectivity index (χ0) is 18.8. The van der Waals surface area contributed by atoms with Crippen LogP contribution >= 0.6 is 75.8 Å². The maximum absolute atomic E-state index is 11.4. The molecule has 0 amide bonds. The van der Waals surface area contributed by atoms with Crippen LogP contribution in [0.3, 0.4) is 0 Å². The normalized spacial score (nSPS) is 20.9. The molecule has 0 aliphatic heterocycles. The fourth-order valence-electron chi connectivity index (χ4n) is 2.88. The number of hydrogen-bond donors (Lipinski definition) is 9. The van der Waals surface area contributed by atoms with Crippen molar-refractivity contribution < 1.29 is 15.3 Å². The van der Waals surface area contributed by atoms with Gasteiger partial charge in [0.2, 0.25) is 0 Å². The Morgan fingerprint density at radius 1 is 0.667 bits per heavy atom. The number of rotatable bonds is 14. The average molecular weight is 453 g/mol. The number of hydrogen-bond acceptors (Lipinski definition) is 9. The Morgan fingerprint density at radius 3 is 1.38 bits per heavy atom. The summed E-state index contributed by atoms with van der Waals surface area (Å²) in [5, 5.41) is 31.4. The summed E-state index contributed by atoms with van der Waals surface area (Å²) in [6.07, 6.45) is 2.46. The molecular formula is C15H32O3S6. The molecule has 0 aromatic heterocycles. The standard InChI is InChI=1S/C15H32O3S6/c16-4-2-1-3-14(17,5-11(22)8-19)15(18,6-12(23)9-20)7-13(24)10-21/h11-13,16-24H,1-10H2. The Bertz CT molecular complexity index is 324. The summed E-state index contributed by atoms with van der Waals surface area (Å²) < 4.78 is 0. The van der Waals surface area contributed by atoms with Crippen molar-refractivity contribution in [2.24, 2.45) is 0 Å². The van der Waals surface area contributed by atoms with Gasteiger partial charge >= 0.3 is 0 Å². The van der Waals surface area contributed by atoms with E-state index in [-0.39, 0.29) is 22.4 Å². The summed E-state index contributed by atoms with van der Waals surface area (Å²) >= 11 is 26.1. The molecule has 4 unspecified atom stereocenters. The minimum atomic E-state index is -1.38. The van der Waals surface area contributed by atoms with Crippen LogP contribution in [-0.2, 0) is 0 Å². The van der Waals surface area contributed by atoms with E-state index in [2.05, 4.69) is 75.8 Å². The Balaban J connectivity index is 5.56. The van der Waals surface area contributed by atoms with Crippen molar-refractivity contribution in [3.05, 3.63) is 0 Å². The highest BCUT2D eigenvalue weighted by Crippen LogP contribution is 2.41. The van der Waals surface area contributed by atoms with Gasteiger partial charge in [-0.1, -0.05) is 0 Å². The van der Waals surface area contributed by atoms with Gasteiger partial charge in [0.25, 0.3) is 0 Å². The van der Waals surface area contributed by atoms with Gasteiger partial charge in [-0.05, 0) is 38.5 Å². The van der Waals surface area contributed by atoms with Crippen LogP contribution in [0.4, 0.5) is 0 Å². The number of aliphatic hydroxyl groups excluding tert-OH is 1. The molecule has 0 aliphatic carbocycles. The van der Waals surface area contributed by atoms with Crippen LogP contribution in [0.5, 0.6) is 0 Å². The van der Waals surface area contributed by atoms with Gasteiger partial charge in [0.1, 0.15) is 0 Å². The smallest absolute Gasteiger partial charge is 0.0955 e. The predicted molar refractivity (Wildman–Crippen MR) is 125 cm³/mol. The van der Waals surface area contributed by atoms with E-state index < -0.39 is 11.2 Å². The van der Waals surface area contributed by atoms with Gasteiger partial charge in [-0.2, -0.15) is 75.8 Å². The van der Waals surface area contributed by atoms with E-state index in [0.717, 1.165) is 0 Å². The van der Waals surface area contributed by atoms with Crippen molar-refractivity contribution in [1.82, 2.24) is 0 Å². The number of thiol groups is 6. The molecule has 0 spiro atoms. The van der Waals surface area contributed by atoms with E-state index in [0.29, 0.717) is 55.8 Å². The van der Waals surface area contributed by atoms with E-state index in [1.165, 1.54) is 0 Å². The second-order valence-electron chi connectivity index (χ2n) is 6.37. The lowest BCUT2D eigenvalue weighted by Crippen LogP contribution is -2.58. The molecule has 0 saturated carbocycles. The SMILES string of the molecule is OCCCCC(O)(CC(S)CS)C(O)(CC(S)CS)CC(S)CS. The number of aliphatic hydroxyl groups is 3. The quantitative estimate of drug-likeness (QED) is 0.150. The zero-order valence-corrected chi connectivity index (χ0v) is 19.2. The lowest BCUT2D eigenvalue weighted by molar-refractivity contribution is -0.167. The maximum atomic E-state index is 11.4. The first-order chi connectivity index (χ1) is 11.2. The second kappa shape index (κ2) is 13.2. The fourth-order valence-corrected chi connectivity index (χ4v) is 4.17. The Morgan fingerprint density at radius 2 is 1.04 bits per heavy atom. The minimum absolute atomic E-state index is 0.0586. The molecule has 0 aliphatic rings. The van der Waals surface area contributed by atoms with Crippen molar-refractivity contribution in [3.63, 3.8) is 0 Å². The van der Waals surface area contributed by atoms with E-state index in [1.807, 2.05) is 0 Å². The van der Waals surface area contributed by atoms with Gasteiger partial charge in [0.15, 0.2) is 0 Å².